The largest absolute Gasteiger partial charge is 0.393 e. The van der Waals surface area contributed by atoms with E-state index in [0.717, 1.165) is 18.4 Å². The first kappa shape index (κ1) is 11.5. The van der Waals surface area contributed by atoms with Crippen molar-refractivity contribution in [3.05, 3.63) is 35.4 Å². The summed E-state index contributed by atoms with van der Waals surface area (Å²) >= 11 is 0. The van der Waals surface area contributed by atoms with Crippen molar-refractivity contribution in [3.63, 3.8) is 0 Å². The van der Waals surface area contributed by atoms with Gasteiger partial charge in [-0.1, -0.05) is 25.0 Å². The van der Waals surface area contributed by atoms with Gasteiger partial charge in [0.05, 0.1) is 6.10 Å². The average molecular weight is 226 g/mol. The summed E-state index contributed by atoms with van der Waals surface area (Å²) in [5.41, 5.74) is 0.267. The van der Waals surface area contributed by atoms with Gasteiger partial charge in [-0.15, -0.1) is 0 Å². The molecule has 1 nitrogen and oxygen atoms in total. The molecule has 0 spiro atoms. The summed E-state index contributed by atoms with van der Waals surface area (Å²) < 4.78 is 26.2. The van der Waals surface area contributed by atoms with Gasteiger partial charge in [-0.2, -0.15) is 0 Å². The molecule has 1 aromatic carbocycles. The molecule has 0 radical (unpaired) electrons. The van der Waals surface area contributed by atoms with E-state index in [2.05, 4.69) is 0 Å². The molecule has 0 heterocycles. The lowest BCUT2D eigenvalue weighted by atomic mass is 10.0. The second kappa shape index (κ2) is 4.91. The number of aliphatic hydroxyl groups is 1. The smallest absolute Gasteiger partial charge is 0.162 e. The highest BCUT2D eigenvalue weighted by atomic mass is 19.2. The first-order chi connectivity index (χ1) is 7.66. The minimum absolute atomic E-state index is 0.205. The lowest BCUT2D eigenvalue weighted by Crippen LogP contribution is -2.12. The minimum atomic E-state index is -0.841. The van der Waals surface area contributed by atoms with Crippen LogP contribution in [0.25, 0.3) is 0 Å². The molecule has 1 unspecified atom stereocenters. The van der Waals surface area contributed by atoms with Crippen molar-refractivity contribution in [2.24, 2.45) is 5.92 Å². The van der Waals surface area contributed by atoms with Crippen molar-refractivity contribution in [1.29, 1.82) is 0 Å². The van der Waals surface area contributed by atoms with Gasteiger partial charge in [0.25, 0.3) is 0 Å². The zero-order valence-corrected chi connectivity index (χ0v) is 9.13. The van der Waals surface area contributed by atoms with Crippen LogP contribution in [0.15, 0.2) is 18.2 Å². The molecule has 0 aromatic heterocycles. The number of hydrogen-bond acceptors (Lipinski definition) is 1. The van der Waals surface area contributed by atoms with Crippen molar-refractivity contribution in [2.45, 2.75) is 38.2 Å². The third kappa shape index (κ3) is 3.01. The zero-order valence-electron chi connectivity index (χ0n) is 9.13. The molecular formula is C13H16F2O. The minimum Gasteiger partial charge on any atom is -0.393 e. The van der Waals surface area contributed by atoms with Crippen molar-refractivity contribution in [3.8, 4) is 0 Å². The Kier molecular flexibility index (Phi) is 3.54. The normalized spacial score (nSPS) is 17.4. The molecule has 3 heteroatoms. The van der Waals surface area contributed by atoms with Crippen LogP contribution in [0.1, 0.15) is 31.2 Å². The molecule has 1 aliphatic rings. The fourth-order valence-electron chi connectivity index (χ4n) is 1.90. The van der Waals surface area contributed by atoms with Crippen molar-refractivity contribution in [1.82, 2.24) is 0 Å². The van der Waals surface area contributed by atoms with Crippen LogP contribution in [0.2, 0.25) is 0 Å². The fourth-order valence-corrected chi connectivity index (χ4v) is 1.90. The van der Waals surface area contributed by atoms with Crippen LogP contribution in [-0.4, -0.2) is 11.2 Å². The van der Waals surface area contributed by atoms with Crippen LogP contribution >= 0.6 is 0 Å². The van der Waals surface area contributed by atoms with Crippen LogP contribution in [-0.2, 0) is 6.42 Å². The second-order valence-electron chi connectivity index (χ2n) is 4.59. The topological polar surface area (TPSA) is 20.2 Å². The molecule has 1 atom stereocenters. The van der Waals surface area contributed by atoms with E-state index in [1.807, 2.05) is 0 Å². The van der Waals surface area contributed by atoms with E-state index in [9.17, 15) is 13.9 Å². The van der Waals surface area contributed by atoms with Crippen LogP contribution in [0.3, 0.4) is 0 Å². The van der Waals surface area contributed by atoms with Crippen molar-refractivity contribution >= 4 is 0 Å². The van der Waals surface area contributed by atoms with Crippen LogP contribution in [0, 0.1) is 17.6 Å². The Morgan fingerprint density at radius 1 is 1.31 bits per heavy atom. The van der Waals surface area contributed by atoms with Gasteiger partial charge in [-0.05, 0) is 30.4 Å². The summed E-state index contributed by atoms with van der Waals surface area (Å²) in [7, 11) is 0. The summed E-state index contributed by atoms with van der Waals surface area (Å²) in [5, 5.41) is 9.71. The highest BCUT2D eigenvalue weighted by Gasteiger charge is 2.22. The number of halogens is 2. The molecule has 0 saturated heterocycles. The summed E-state index contributed by atoms with van der Waals surface area (Å²) in [6, 6.07) is 4.09. The molecule has 1 aromatic rings. The number of benzene rings is 1. The van der Waals surface area contributed by atoms with E-state index in [4.69, 9.17) is 0 Å². The van der Waals surface area contributed by atoms with E-state index < -0.39 is 17.7 Å². The Morgan fingerprint density at radius 3 is 2.75 bits per heavy atom. The molecule has 88 valence electrons. The highest BCUT2D eigenvalue weighted by molar-refractivity contribution is 5.19. The maximum Gasteiger partial charge on any atom is 0.162 e. The number of aliphatic hydroxyl groups excluding tert-OH is 1. The zero-order chi connectivity index (χ0) is 11.5. The lowest BCUT2D eigenvalue weighted by Gasteiger charge is -2.11. The van der Waals surface area contributed by atoms with E-state index in [1.54, 1.807) is 0 Å². The summed E-state index contributed by atoms with van der Waals surface area (Å²) in [4.78, 5) is 0. The fraction of sp³-hybridized carbons (Fsp3) is 0.538. The molecule has 0 aliphatic heterocycles. The molecule has 1 saturated carbocycles. The monoisotopic (exact) mass is 226 g/mol. The molecule has 2 rings (SSSR count). The molecule has 16 heavy (non-hydrogen) atoms. The van der Waals surface area contributed by atoms with E-state index in [-0.39, 0.29) is 12.0 Å². The first-order valence-electron chi connectivity index (χ1n) is 5.77. The Bertz CT molecular complexity index is 361. The SMILES string of the molecule is OC(CCC1CC1)Cc1cccc(F)c1F. The Labute approximate surface area is 94.1 Å². The third-order valence-electron chi connectivity index (χ3n) is 3.09. The van der Waals surface area contributed by atoms with Gasteiger partial charge >= 0.3 is 0 Å². The first-order valence-corrected chi connectivity index (χ1v) is 5.77. The third-order valence-corrected chi connectivity index (χ3v) is 3.09. The summed E-state index contributed by atoms with van der Waals surface area (Å²) in [6.45, 7) is 0. The Balaban J connectivity index is 1.88. The predicted molar refractivity (Wildman–Crippen MR) is 58.0 cm³/mol. The van der Waals surface area contributed by atoms with Gasteiger partial charge in [0.2, 0.25) is 0 Å². The summed E-state index contributed by atoms with van der Waals surface area (Å²) in [5.74, 6) is -0.910. The Morgan fingerprint density at radius 2 is 2.06 bits per heavy atom. The highest BCUT2D eigenvalue weighted by Crippen LogP contribution is 2.34. The van der Waals surface area contributed by atoms with E-state index in [1.165, 1.54) is 25.0 Å². The van der Waals surface area contributed by atoms with Gasteiger partial charge < -0.3 is 5.11 Å². The standard InChI is InChI=1S/C13H16F2O/c14-12-3-1-2-10(13(12)15)8-11(16)7-6-9-4-5-9/h1-3,9,11,16H,4-8H2. The quantitative estimate of drug-likeness (QED) is 0.818. The lowest BCUT2D eigenvalue weighted by molar-refractivity contribution is 0.158. The predicted octanol–water partition coefficient (Wildman–Crippen LogP) is 3.06. The van der Waals surface area contributed by atoms with Gasteiger partial charge in [0, 0.05) is 6.42 Å². The number of rotatable bonds is 5. The van der Waals surface area contributed by atoms with E-state index >= 15 is 0 Å². The average Bonchev–Trinajstić information content (AvgIpc) is 3.06. The van der Waals surface area contributed by atoms with E-state index in [0.29, 0.717) is 6.42 Å². The Hall–Kier alpha value is -0.960. The summed E-state index contributed by atoms with van der Waals surface area (Å²) in [6.07, 6.45) is 3.83. The molecule has 0 amide bonds. The maximum absolute atomic E-state index is 13.3. The maximum atomic E-state index is 13.3. The second-order valence-corrected chi connectivity index (χ2v) is 4.59. The number of hydrogen-bond donors (Lipinski definition) is 1. The van der Waals surface area contributed by atoms with Gasteiger partial charge in [0.1, 0.15) is 0 Å². The van der Waals surface area contributed by atoms with Crippen LogP contribution in [0.4, 0.5) is 8.78 Å². The molecule has 1 N–H and O–H groups in total. The van der Waals surface area contributed by atoms with Crippen LogP contribution in [0.5, 0.6) is 0 Å². The molecule has 1 fully saturated rings. The molecular weight excluding hydrogens is 210 g/mol. The van der Waals surface area contributed by atoms with Gasteiger partial charge in [0.15, 0.2) is 11.6 Å². The molecule has 1 aliphatic carbocycles. The van der Waals surface area contributed by atoms with Gasteiger partial charge in [-0.25, -0.2) is 8.78 Å². The van der Waals surface area contributed by atoms with Crippen molar-refractivity contribution in [2.75, 3.05) is 0 Å². The van der Waals surface area contributed by atoms with Gasteiger partial charge in [-0.3, -0.25) is 0 Å². The molecule has 0 bridgehead atoms. The van der Waals surface area contributed by atoms with Crippen molar-refractivity contribution < 1.29 is 13.9 Å². The van der Waals surface area contributed by atoms with Crippen LogP contribution < -0.4 is 0 Å².